The highest BCUT2D eigenvalue weighted by molar-refractivity contribution is 4.99. The maximum atomic E-state index is 13.9. The third-order valence-electron chi connectivity index (χ3n) is 4.91. The van der Waals surface area contributed by atoms with Crippen molar-refractivity contribution in [3.05, 3.63) is 0 Å². The molecule has 2 aliphatic rings. The number of alkyl halides is 1. The van der Waals surface area contributed by atoms with Crippen LogP contribution in [0, 0.1) is 23.2 Å². The summed E-state index contributed by atoms with van der Waals surface area (Å²) >= 11 is 0. The lowest BCUT2D eigenvalue weighted by Crippen LogP contribution is -2.35. The first-order valence-corrected chi connectivity index (χ1v) is 5.84. The highest BCUT2D eigenvalue weighted by atomic mass is 19.1. The highest BCUT2D eigenvalue weighted by Crippen LogP contribution is 2.54. The molecular formula is C12H21FO. The van der Waals surface area contributed by atoms with Crippen molar-refractivity contribution in [3.63, 3.8) is 0 Å². The van der Waals surface area contributed by atoms with E-state index in [1.165, 1.54) is 6.42 Å². The van der Waals surface area contributed by atoms with Crippen LogP contribution in [-0.2, 0) is 0 Å². The van der Waals surface area contributed by atoms with Gasteiger partial charge in [-0.3, -0.25) is 0 Å². The standard InChI is InChI=1S/C12H21FO/c1-8-5-11(13)9(2)12(7-14)4-3-10(8)6-12/h8-11,14H,3-7H2,1-2H3/t8?,9-,10?,11+,12-/m1/s1. The lowest BCUT2D eigenvalue weighted by Gasteiger charge is -2.34. The van der Waals surface area contributed by atoms with Crippen LogP contribution in [0.1, 0.15) is 39.5 Å². The Bertz CT molecular complexity index is 218. The van der Waals surface area contributed by atoms with Crippen LogP contribution in [0.25, 0.3) is 0 Å². The highest BCUT2D eigenvalue weighted by Gasteiger charge is 2.49. The molecule has 2 unspecified atom stereocenters. The topological polar surface area (TPSA) is 20.2 Å². The Morgan fingerprint density at radius 1 is 1.43 bits per heavy atom. The minimum absolute atomic E-state index is 0.0439. The summed E-state index contributed by atoms with van der Waals surface area (Å²) in [4.78, 5) is 0. The molecule has 14 heavy (non-hydrogen) atoms. The third-order valence-corrected chi connectivity index (χ3v) is 4.91. The number of fused-ring (bicyclic) bond motifs is 2. The molecule has 2 bridgehead atoms. The number of rotatable bonds is 1. The zero-order chi connectivity index (χ0) is 10.3. The van der Waals surface area contributed by atoms with Crippen LogP contribution < -0.4 is 0 Å². The van der Waals surface area contributed by atoms with Gasteiger partial charge in [0, 0.05) is 6.61 Å². The summed E-state index contributed by atoms with van der Waals surface area (Å²) in [5.74, 6) is 1.20. The third kappa shape index (κ3) is 1.39. The Hall–Kier alpha value is -0.110. The van der Waals surface area contributed by atoms with Gasteiger partial charge in [0.25, 0.3) is 0 Å². The van der Waals surface area contributed by atoms with E-state index in [1.54, 1.807) is 0 Å². The van der Waals surface area contributed by atoms with Crippen LogP contribution in [-0.4, -0.2) is 17.9 Å². The Morgan fingerprint density at radius 3 is 2.79 bits per heavy atom. The molecule has 0 aromatic rings. The minimum atomic E-state index is -0.706. The molecule has 0 aromatic carbocycles. The number of hydrogen-bond donors (Lipinski definition) is 1. The fourth-order valence-corrected chi connectivity index (χ4v) is 3.52. The summed E-state index contributed by atoms with van der Waals surface area (Å²) < 4.78 is 13.9. The van der Waals surface area contributed by atoms with E-state index in [-0.39, 0.29) is 17.9 Å². The van der Waals surface area contributed by atoms with Gasteiger partial charge in [-0.1, -0.05) is 13.8 Å². The van der Waals surface area contributed by atoms with Gasteiger partial charge in [-0.05, 0) is 48.9 Å². The molecule has 82 valence electrons. The molecule has 5 atom stereocenters. The van der Waals surface area contributed by atoms with E-state index in [2.05, 4.69) is 6.92 Å². The Morgan fingerprint density at radius 2 is 2.14 bits per heavy atom. The SMILES string of the molecule is CC1C[C@H](F)[C@@H](C)[C@]2(CO)CCC1C2. The molecule has 0 radical (unpaired) electrons. The van der Waals surface area contributed by atoms with Crippen LogP contribution in [0.2, 0.25) is 0 Å². The molecule has 2 saturated carbocycles. The Kier molecular flexibility index (Phi) is 2.59. The van der Waals surface area contributed by atoms with Gasteiger partial charge >= 0.3 is 0 Å². The first kappa shape index (κ1) is 10.4. The molecule has 1 N–H and O–H groups in total. The van der Waals surface area contributed by atoms with E-state index >= 15 is 0 Å². The predicted molar refractivity (Wildman–Crippen MR) is 54.7 cm³/mol. The van der Waals surface area contributed by atoms with Crippen molar-refractivity contribution < 1.29 is 9.50 Å². The zero-order valence-corrected chi connectivity index (χ0v) is 9.17. The van der Waals surface area contributed by atoms with Gasteiger partial charge in [0.05, 0.1) is 0 Å². The van der Waals surface area contributed by atoms with Gasteiger partial charge in [0.2, 0.25) is 0 Å². The van der Waals surface area contributed by atoms with Gasteiger partial charge in [-0.25, -0.2) is 4.39 Å². The molecule has 0 amide bonds. The summed E-state index contributed by atoms with van der Waals surface area (Å²) in [5.41, 5.74) is -0.0884. The maximum absolute atomic E-state index is 13.9. The molecule has 2 heteroatoms. The van der Waals surface area contributed by atoms with E-state index in [4.69, 9.17) is 0 Å². The average Bonchev–Trinajstić information content (AvgIpc) is 2.58. The van der Waals surface area contributed by atoms with Crippen molar-refractivity contribution in [1.29, 1.82) is 0 Å². The number of halogens is 1. The van der Waals surface area contributed by atoms with E-state index in [0.29, 0.717) is 18.3 Å². The van der Waals surface area contributed by atoms with Crippen LogP contribution in [0.4, 0.5) is 4.39 Å². The fraction of sp³-hybridized carbons (Fsp3) is 1.00. The lowest BCUT2D eigenvalue weighted by atomic mass is 9.73. The number of hydrogen-bond acceptors (Lipinski definition) is 1. The molecule has 1 nitrogen and oxygen atoms in total. The maximum Gasteiger partial charge on any atom is 0.104 e. The van der Waals surface area contributed by atoms with E-state index in [1.807, 2.05) is 6.92 Å². The normalized spacial score (nSPS) is 53.1. The largest absolute Gasteiger partial charge is 0.396 e. The second-order valence-corrected chi connectivity index (χ2v) is 5.54. The second kappa shape index (κ2) is 3.48. The van der Waals surface area contributed by atoms with Gasteiger partial charge < -0.3 is 5.11 Å². The average molecular weight is 200 g/mol. The molecule has 0 saturated heterocycles. The van der Waals surface area contributed by atoms with Crippen LogP contribution in [0.3, 0.4) is 0 Å². The molecule has 2 rings (SSSR count). The molecule has 0 heterocycles. The summed E-state index contributed by atoms with van der Waals surface area (Å²) in [7, 11) is 0. The van der Waals surface area contributed by atoms with Gasteiger partial charge in [-0.15, -0.1) is 0 Å². The molecule has 0 spiro atoms. The summed E-state index contributed by atoms with van der Waals surface area (Å²) in [6.45, 7) is 4.34. The Labute approximate surface area is 85.7 Å². The fourth-order valence-electron chi connectivity index (χ4n) is 3.52. The molecule has 0 aromatic heterocycles. The number of aliphatic hydroxyl groups excluding tert-OH is 1. The first-order chi connectivity index (χ1) is 6.59. The predicted octanol–water partition coefficient (Wildman–Crippen LogP) is 2.78. The lowest BCUT2D eigenvalue weighted by molar-refractivity contribution is 0.0316. The monoisotopic (exact) mass is 200 g/mol. The van der Waals surface area contributed by atoms with Crippen molar-refractivity contribution in [2.24, 2.45) is 23.2 Å². The van der Waals surface area contributed by atoms with Crippen molar-refractivity contribution in [2.75, 3.05) is 6.61 Å². The van der Waals surface area contributed by atoms with Crippen LogP contribution >= 0.6 is 0 Å². The number of aliphatic hydroxyl groups is 1. The van der Waals surface area contributed by atoms with E-state index < -0.39 is 6.17 Å². The van der Waals surface area contributed by atoms with Crippen molar-refractivity contribution in [3.8, 4) is 0 Å². The van der Waals surface area contributed by atoms with Gasteiger partial charge in [0.1, 0.15) is 6.17 Å². The molecular weight excluding hydrogens is 179 g/mol. The van der Waals surface area contributed by atoms with Crippen LogP contribution in [0.5, 0.6) is 0 Å². The van der Waals surface area contributed by atoms with Gasteiger partial charge in [-0.2, -0.15) is 0 Å². The zero-order valence-electron chi connectivity index (χ0n) is 9.17. The molecule has 0 aliphatic heterocycles. The quantitative estimate of drug-likeness (QED) is 0.690. The minimum Gasteiger partial charge on any atom is -0.396 e. The smallest absolute Gasteiger partial charge is 0.104 e. The summed E-state index contributed by atoms with van der Waals surface area (Å²) in [5, 5.41) is 9.50. The Balaban J connectivity index is 2.25. The van der Waals surface area contributed by atoms with E-state index in [9.17, 15) is 9.50 Å². The van der Waals surface area contributed by atoms with Crippen molar-refractivity contribution in [2.45, 2.75) is 45.7 Å². The molecule has 2 fully saturated rings. The first-order valence-electron chi connectivity index (χ1n) is 5.84. The summed E-state index contributed by atoms with van der Waals surface area (Å²) in [6, 6.07) is 0. The van der Waals surface area contributed by atoms with Crippen molar-refractivity contribution in [1.82, 2.24) is 0 Å². The van der Waals surface area contributed by atoms with Crippen LogP contribution in [0.15, 0.2) is 0 Å². The van der Waals surface area contributed by atoms with Crippen molar-refractivity contribution >= 4 is 0 Å². The summed E-state index contributed by atoms with van der Waals surface area (Å²) in [6.07, 6.45) is 3.26. The van der Waals surface area contributed by atoms with Gasteiger partial charge in [0.15, 0.2) is 0 Å². The van der Waals surface area contributed by atoms with E-state index in [0.717, 1.165) is 12.8 Å². The molecule has 2 aliphatic carbocycles. The second-order valence-electron chi connectivity index (χ2n) is 5.54.